The maximum absolute atomic E-state index is 6.48. The Morgan fingerprint density at radius 2 is 1.38 bits per heavy atom. The van der Waals surface area contributed by atoms with Crippen LogP contribution in [-0.4, -0.2) is 24.4 Å². The van der Waals surface area contributed by atoms with Crippen LogP contribution in [0.25, 0.3) is 0 Å². The molecule has 34 heavy (non-hydrogen) atoms. The predicted octanol–water partition coefficient (Wildman–Crippen LogP) is 4.98. The third-order valence-electron chi connectivity index (χ3n) is 6.95. The summed E-state index contributed by atoms with van der Waals surface area (Å²) in [5.41, 5.74) is 7.00. The van der Waals surface area contributed by atoms with Crippen LogP contribution in [0.4, 0.5) is 11.4 Å². The maximum atomic E-state index is 6.48. The van der Waals surface area contributed by atoms with E-state index >= 15 is 0 Å². The van der Waals surface area contributed by atoms with Crippen LogP contribution in [0.1, 0.15) is 38.8 Å². The normalized spacial score (nSPS) is 19.5. The molecule has 5 heteroatoms. The zero-order valence-corrected chi connectivity index (χ0v) is 24.2. The lowest BCUT2D eigenvalue weighted by molar-refractivity contribution is -0.401. The highest BCUT2D eigenvalue weighted by molar-refractivity contribution is 6.34. The summed E-state index contributed by atoms with van der Waals surface area (Å²) in [7, 11) is 4.16. The topological polar surface area (TPSA) is 6.25 Å². The van der Waals surface area contributed by atoms with Gasteiger partial charge in [0.05, 0.1) is 16.1 Å². The standard InChI is InChI=1S/C29H31Cl2N2.HI/c1-28(2)20-14-12-16-22(30)26(20)32(5)24(28)18-10-8-7-9-11-19-25-29(3,4)21-15-13-17-23(31)27(21)33(25)6;/h7-19H,1-6H3;1H/q+1;/p-1. The second kappa shape index (κ2) is 10.0. The maximum Gasteiger partial charge on any atom is 0.228 e. The van der Waals surface area contributed by atoms with Crippen LogP contribution in [0.5, 0.6) is 0 Å². The Kier molecular flexibility index (Phi) is 7.91. The molecule has 2 aliphatic rings. The van der Waals surface area contributed by atoms with E-state index in [9.17, 15) is 0 Å². The van der Waals surface area contributed by atoms with Crippen LogP contribution in [-0.2, 0) is 10.8 Å². The SMILES string of the molecule is CN1C(=CC=CC=CC=CC2=[N+](C)c3c(Cl)cccc3C2(C)C)C(C)(C)c2cccc(Cl)c21.[I-]. The van der Waals surface area contributed by atoms with E-state index in [1.54, 1.807) is 0 Å². The average molecular weight is 605 g/mol. The van der Waals surface area contributed by atoms with Crippen molar-refractivity contribution < 1.29 is 28.6 Å². The van der Waals surface area contributed by atoms with Gasteiger partial charge < -0.3 is 28.9 Å². The number of anilines is 1. The van der Waals surface area contributed by atoms with Crippen molar-refractivity contribution in [2.75, 3.05) is 19.0 Å². The molecule has 0 unspecified atom stereocenters. The van der Waals surface area contributed by atoms with E-state index in [-0.39, 0.29) is 34.8 Å². The van der Waals surface area contributed by atoms with Crippen molar-refractivity contribution in [2.24, 2.45) is 0 Å². The molecule has 178 valence electrons. The van der Waals surface area contributed by atoms with E-state index < -0.39 is 0 Å². The monoisotopic (exact) mass is 604 g/mol. The van der Waals surface area contributed by atoms with E-state index in [0.717, 1.165) is 21.4 Å². The first-order valence-electron chi connectivity index (χ1n) is 11.2. The van der Waals surface area contributed by atoms with E-state index in [4.69, 9.17) is 23.2 Å². The molecular weight excluding hydrogens is 574 g/mol. The third-order valence-corrected chi connectivity index (χ3v) is 7.56. The first-order valence-corrected chi connectivity index (χ1v) is 12.0. The Labute approximate surface area is 231 Å². The van der Waals surface area contributed by atoms with Gasteiger partial charge in [-0.25, -0.2) is 0 Å². The molecular formula is C29H31Cl2IN2. The third kappa shape index (κ3) is 4.43. The van der Waals surface area contributed by atoms with Crippen molar-refractivity contribution in [3.63, 3.8) is 0 Å². The van der Waals surface area contributed by atoms with Gasteiger partial charge in [-0.1, -0.05) is 91.7 Å². The highest BCUT2D eigenvalue weighted by Gasteiger charge is 2.44. The summed E-state index contributed by atoms with van der Waals surface area (Å²) >= 11 is 13.0. The molecule has 0 bridgehead atoms. The van der Waals surface area contributed by atoms with Crippen LogP contribution in [0.2, 0.25) is 10.0 Å². The largest absolute Gasteiger partial charge is 1.00 e. The van der Waals surface area contributed by atoms with Gasteiger partial charge in [-0.05, 0) is 37.6 Å². The van der Waals surface area contributed by atoms with Crippen LogP contribution < -0.4 is 28.9 Å². The minimum atomic E-state index is -0.0888. The molecule has 0 spiro atoms. The number of likely N-dealkylation sites (N-methyl/N-ethyl adjacent to an activating group) is 1. The lowest BCUT2D eigenvalue weighted by Crippen LogP contribution is -3.00. The van der Waals surface area contributed by atoms with Crippen LogP contribution in [0, 0.1) is 0 Å². The minimum Gasteiger partial charge on any atom is -1.00 e. The number of fused-ring (bicyclic) bond motifs is 2. The van der Waals surface area contributed by atoms with Crippen molar-refractivity contribution in [3.8, 4) is 0 Å². The van der Waals surface area contributed by atoms with Gasteiger partial charge in [-0.3, -0.25) is 0 Å². The Balaban J connectivity index is 0.00000324. The number of nitrogens with zero attached hydrogens (tertiary/aromatic N) is 2. The summed E-state index contributed by atoms with van der Waals surface area (Å²) in [5.74, 6) is 0. The highest BCUT2D eigenvalue weighted by Crippen LogP contribution is 2.49. The summed E-state index contributed by atoms with van der Waals surface area (Å²) in [6.45, 7) is 8.97. The van der Waals surface area contributed by atoms with Crippen molar-refractivity contribution in [1.29, 1.82) is 0 Å². The molecule has 0 amide bonds. The first kappa shape index (κ1) is 26.8. The number of benzene rings is 2. The molecule has 0 atom stereocenters. The van der Waals surface area contributed by atoms with Crippen molar-refractivity contribution in [2.45, 2.75) is 38.5 Å². The molecule has 0 aliphatic carbocycles. The Bertz CT molecular complexity index is 1260. The fourth-order valence-electron chi connectivity index (χ4n) is 5.20. The van der Waals surface area contributed by atoms with Crippen molar-refractivity contribution in [1.82, 2.24) is 0 Å². The number of hydrogen-bond acceptors (Lipinski definition) is 1. The van der Waals surface area contributed by atoms with Crippen LogP contribution in [0.15, 0.2) is 84.6 Å². The van der Waals surface area contributed by atoms with Gasteiger partial charge in [0.25, 0.3) is 0 Å². The molecule has 4 rings (SSSR count). The van der Waals surface area contributed by atoms with Gasteiger partial charge in [0.1, 0.15) is 12.1 Å². The van der Waals surface area contributed by atoms with Gasteiger partial charge in [0, 0.05) is 29.8 Å². The van der Waals surface area contributed by atoms with Gasteiger partial charge >= 0.3 is 0 Å². The van der Waals surface area contributed by atoms with Crippen molar-refractivity contribution >= 4 is 40.3 Å². The molecule has 2 heterocycles. The second-order valence-electron chi connectivity index (χ2n) is 9.71. The zero-order valence-electron chi connectivity index (χ0n) is 20.5. The summed E-state index contributed by atoms with van der Waals surface area (Å²) in [5, 5.41) is 1.59. The molecule has 0 saturated heterocycles. The van der Waals surface area contributed by atoms with Crippen molar-refractivity contribution in [3.05, 3.63) is 106 Å². The molecule has 0 radical (unpaired) electrons. The van der Waals surface area contributed by atoms with Gasteiger partial charge in [0.15, 0.2) is 5.71 Å². The number of para-hydroxylation sites is 2. The summed E-state index contributed by atoms with van der Waals surface area (Å²) in [4.78, 5) is 2.20. The van der Waals surface area contributed by atoms with E-state index in [0.29, 0.717) is 0 Å². The predicted molar refractivity (Wildman–Crippen MR) is 144 cm³/mol. The number of rotatable bonds is 4. The summed E-state index contributed by atoms with van der Waals surface area (Å²) in [6, 6.07) is 12.3. The molecule has 2 aromatic carbocycles. The first-order chi connectivity index (χ1) is 15.6. The van der Waals surface area contributed by atoms with Gasteiger partial charge in [-0.15, -0.1) is 0 Å². The van der Waals surface area contributed by atoms with E-state index in [2.05, 4.69) is 106 Å². The molecule has 0 aromatic heterocycles. The summed E-state index contributed by atoms with van der Waals surface area (Å²) < 4.78 is 2.20. The van der Waals surface area contributed by atoms with Gasteiger partial charge in [-0.2, -0.15) is 4.58 Å². The zero-order chi connectivity index (χ0) is 24.0. The average Bonchev–Trinajstić information content (AvgIpc) is 3.07. The van der Waals surface area contributed by atoms with Crippen LogP contribution in [0.3, 0.4) is 0 Å². The quantitative estimate of drug-likeness (QED) is 0.271. The van der Waals surface area contributed by atoms with E-state index in [1.807, 2.05) is 24.3 Å². The number of hydrogen-bond donors (Lipinski definition) is 0. The van der Waals surface area contributed by atoms with Gasteiger partial charge in [0.2, 0.25) is 5.69 Å². The minimum absolute atomic E-state index is 0. The summed E-state index contributed by atoms with van der Waals surface area (Å²) in [6.07, 6.45) is 14.7. The fourth-order valence-corrected chi connectivity index (χ4v) is 5.81. The lowest BCUT2D eigenvalue weighted by Gasteiger charge is -2.23. The molecule has 0 N–H and O–H groups in total. The van der Waals surface area contributed by atoms with E-state index in [1.165, 1.54) is 22.5 Å². The Morgan fingerprint density at radius 3 is 2.03 bits per heavy atom. The van der Waals surface area contributed by atoms with Crippen LogP contribution >= 0.6 is 23.2 Å². The molecule has 2 nitrogen and oxygen atoms in total. The second-order valence-corrected chi connectivity index (χ2v) is 10.5. The molecule has 0 fully saturated rings. The number of halogens is 3. The fraction of sp³-hybridized carbons (Fsp3) is 0.276. The highest BCUT2D eigenvalue weighted by atomic mass is 127. The number of allylic oxidation sites excluding steroid dienone is 8. The Hall–Kier alpha value is -1.82. The lowest BCUT2D eigenvalue weighted by atomic mass is 9.81. The molecule has 2 aromatic rings. The smallest absolute Gasteiger partial charge is 0.228 e. The molecule has 2 aliphatic heterocycles. The molecule has 0 saturated carbocycles. The Morgan fingerprint density at radius 1 is 0.794 bits per heavy atom.